The van der Waals surface area contributed by atoms with E-state index in [4.69, 9.17) is 0 Å². The molecule has 0 radical (unpaired) electrons. The van der Waals surface area contributed by atoms with Gasteiger partial charge in [-0.2, -0.15) is 0 Å². The van der Waals surface area contributed by atoms with E-state index in [1.807, 2.05) is 47.4 Å². The van der Waals surface area contributed by atoms with Crippen molar-refractivity contribution < 1.29 is 14.7 Å². The van der Waals surface area contributed by atoms with Crippen molar-refractivity contribution in [3.8, 4) is 0 Å². The van der Waals surface area contributed by atoms with Crippen LogP contribution >= 0.6 is 0 Å². The summed E-state index contributed by atoms with van der Waals surface area (Å²) in [6, 6.07) is 5.63. The molecule has 0 spiro atoms. The van der Waals surface area contributed by atoms with Crippen molar-refractivity contribution in [3.05, 3.63) is 47.0 Å². The first-order valence-electron chi connectivity index (χ1n) is 8.23. The van der Waals surface area contributed by atoms with E-state index in [2.05, 4.69) is 0 Å². The molecule has 1 atom stereocenters. The number of carboxylic acid groups (broad SMARTS) is 1. The van der Waals surface area contributed by atoms with E-state index in [-0.39, 0.29) is 5.78 Å². The molecule has 0 amide bonds. The van der Waals surface area contributed by atoms with Crippen molar-refractivity contribution in [2.45, 2.75) is 52.1 Å². The van der Waals surface area contributed by atoms with Crippen LogP contribution in [0.5, 0.6) is 0 Å². The molecule has 1 unspecified atom stereocenters. The highest BCUT2D eigenvalue weighted by atomic mass is 16.4. The number of nitrogens with zero attached hydrogens (tertiary/aromatic N) is 2. The number of hydrogen-bond donors (Lipinski definition) is 1. The Morgan fingerprint density at radius 1 is 1.35 bits per heavy atom. The van der Waals surface area contributed by atoms with E-state index in [0.29, 0.717) is 24.4 Å². The summed E-state index contributed by atoms with van der Waals surface area (Å²) < 4.78 is 3.87. The minimum Gasteiger partial charge on any atom is -0.481 e. The Morgan fingerprint density at radius 2 is 2.13 bits per heavy atom. The van der Waals surface area contributed by atoms with Crippen LogP contribution in [0.4, 0.5) is 0 Å². The highest BCUT2D eigenvalue weighted by Crippen LogP contribution is 2.33. The molecule has 1 N–H and O–H groups in total. The Kier molecular flexibility index (Phi) is 4.11. The first-order valence-corrected chi connectivity index (χ1v) is 8.23. The maximum Gasteiger partial charge on any atom is 0.312 e. The molecular weight excluding hydrogens is 292 g/mol. The van der Waals surface area contributed by atoms with E-state index in [1.54, 1.807) is 0 Å². The fourth-order valence-corrected chi connectivity index (χ4v) is 3.56. The Bertz CT molecular complexity index is 754. The fraction of sp³-hybridized carbons (Fsp3) is 0.444. The largest absolute Gasteiger partial charge is 0.481 e. The average Bonchev–Trinajstić information content (AvgIpc) is 3.17. The molecule has 1 aliphatic rings. The van der Waals surface area contributed by atoms with Crippen LogP contribution in [0.1, 0.15) is 60.0 Å². The molecule has 2 aromatic heterocycles. The number of aromatic nitrogens is 2. The second-order valence-electron chi connectivity index (χ2n) is 5.99. The predicted octanol–water partition coefficient (Wildman–Crippen LogP) is 3.06. The van der Waals surface area contributed by atoms with Gasteiger partial charge in [0.1, 0.15) is 0 Å². The molecule has 5 heteroatoms. The van der Waals surface area contributed by atoms with Crippen LogP contribution in [0, 0.1) is 0 Å². The van der Waals surface area contributed by atoms with Gasteiger partial charge in [0, 0.05) is 25.0 Å². The van der Waals surface area contributed by atoms with Gasteiger partial charge in [0.25, 0.3) is 0 Å². The van der Waals surface area contributed by atoms with Crippen molar-refractivity contribution in [3.63, 3.8) is 0 Å². The van der Waals surface area contributed by atoms with E-state index in [9.17, 15) is 14.7 Å². The quantitative estimate of drug-likeness (QED) is 0.863. The zero-order chi connectivity index (χ0) is 16.6. The lowest BCUT2D eigenvalue weighted by Gasteiger charge is -2.23. The highest BCUT2D eigenvalue weighted by molar-refractivity contribution is 6.08. The Balaban J connectivity index is 2.12. The summed E-state index contributed by atoms with van der Waals surface area (Å²) in [5.74, 6) is -1.32. The third kappa shape index (κ3) is 2.50. The first-order chi connectivity index (χ1) is 11.1. The SMILES string of the molecule is CCc1cc2n(c1C(=O)c1cccn1CC)CCCC2C(=O)O. The molecule has 0 aliphatic carbocycles. The van der Waals surface area contributed by atoms with Crippen LogP contribution in [0.2, 0.25) is 0 Å². The van der Waals surface area contributed by atoms with Crippen molar-refractivity contribution in [1.82, 2.24) is 9.13 Å². The second kappa shape index (κ2) is 6.07. The molecule has 3 rings (SSSR count). The maximum absolute atomic E-state index is 13.1. The molecule has 5 nitrogen and oxygen atoms in total. The number of ketones is 1. The molecule has 1 aliphatic heterocycles. The number of carbonyl (C=O) groups is 2. The number of aryl methyl sites for hydroxylation is 2. The van der Waals surface area contributed by atoms with Gasteiger partial charge in [0.05, 0.1) is 17.3 Å². The van der Waals surface area contributed by atoms with Gasteiger partial charge in [-0.3, -0.25) is 9.59 Å². The topological polar surface area (TPSA) is 64.2 Å². The zero-order valence-electron chi connectivity index (χ0n) is 13.6. The van der Waals surface area contributed by atoms with Crippen molar-refractivity contribution in [1.29, 1.82) is 0 Å². The molecule has 122 valence electrons. The molecule has 0 saturated heterocycles. The molecule has 0 fully saturated rings. The molecule has 2 aromatic rings. The predicted molar refractivity (Wildman–Crippen MR) is 87.0 cm³/mol. The minimum atomic E-state index is -0.804. The van der Waals surface area contributed by atoms with Crippen LogP contribution < -0.4 is 0 Å². The van der Waals surface area contributed by atoms with Gasteiger partial charge in [-0.25, -0.2) is 0 Å². The van der Waals surface area contributed by atoms with Gasteiger partial charge in [-0.1, -0.05) is 6.92 Å². The van der Waals surface area contributed by atoms with E-state index in [1.165, 1.54) is 0 Å². The number of fused-ring (bicyclic) bond motifs is 1. The van der Waals surface area contributed by atoms with Crippen LogP contribution in [0.15, 0.2) is 24.4 Å². The number of rotatable bonds is 5. The molecule has 0 saturated carbocycles. The first kappa shape index (κ1) is 15.6. The van der Waals surface area contributed by atoms with Gasteiger partial charge in [-0.15, -0.1) is 0 Å². The van der Waals surface area contributed by atoms with Crippen molar-refractivity contribution >= 4 is 11.8 Å². The monoisotopic (exact) mass is 314 g/mol. The molecule has 0 aromatic carbocycles. The number of aliphatic carboxylic acids is 1. The summed E-state index contributed by atoms with van der Waals surface area (Å²) in [5, 5.41) is 9.46. The lowest BCUT2D eigenvalue weighted by atomic mass is 9.96. The fourth-order valence-electron chi connectivity index (χ4n) is 3.56. The van der Waals surface area contributed by atoms with Crippen molar-refractivity contribution in [2.24, 2.45) is 0 Å². The molecule has 3 heterocycles. The maximum atomic E-state index is 13.1. The molecule has 0 bridgehead atoms. The van der Waals surface area contributed by atoms with Gasteiger partial charge in [0.2, 0.25) is 5.78 Å². The third-order valence-electron chi connectivity index (χ3n) is 4.74. The summed E-state index contributed by atoms with van der Waals surface area (Å²) in [4.78, 5) is 24.6. The normalized spacial score (nSPS) is 17.0. The van der Waals surface area contributed by atoms with Gasteiger partial charge in [-0.05, 0) is 49.9 Å². The summed E-state index contributed by atoms with van der Waals surface area (Å²) >= 11 is 0. The van der Waals surface area contributed by atoms with Crippen LogP contribution in [0.25, 0.3) is 0 Å². The second-order valence-corrected chi connectivity index (χ2v) is 5.99. The summed E-state index contributed by atoms with van der Waals surface area (Å²) in [6.45, 7) is 5.46. The Labute approximate surface area is 135 Å². The molecular formula is C18H22N2O3. The summed E-state index contributed by atoms with van der Waals surface area (Å²) in [7, 11) is 0. The third-order valence-corrected chi connectivity index (χ3v) is 4.74. The van der Waals surface area contributed by atoms with Crippen molar-refractivity contribution in [2.75, 3.05) is 0 Å². The van der Waals surface area contributed by atoms with Crippen LogP contribution in [-0.2, 0) is 24.3 Å². The summed E-state index contributed by atoms with van der Waals surface area (Å²) in [6.07, 6.45) is 4.05. The number of carboxylic acids is 1. The molecule has 23 heavy (non-hydrogen) atoms. The summed E-state index contributed by atoms with van der Waals surface area (Å²) in [5.41, 5.74) is 3.06. The standard InChI is InChI=1S/C18H22N2O3/c1-3-12-11-15-13(18(22)23)7-5-10-20(15)16(12)17(21)14-8-6-9-19(14)4-2/h6,8-9,11,13H,3-5,7,10H2,1-2H3,(H,22,23). The minimum absolute atomic E-state index is 0.00834. The Morgan fingerprint density at radius 3 is 2.78 bits per heavy atom. The average molecular weight is 314 g/mol. The zero-order valence-corrected chi connectivity index (χ0v) is 13.6. The van der Waals surface area contributed by atoms with Gasteiger partial charge < -0.3 is 14.2 Å². The Hall–Kier alpha value is -2.30. The number of carbonyl (C=O) groups excluding carboxylic acids is 1. The lowest BCUT2D eigenvalue weighted by molar-refractivity contribution is -0.139. The van der Waals surface area contributed by atoms with E-state index >= 15 is 0 Å². The van der Waals surface area contributed by atoms with E-state index < -0.39 is 11.9 Å². The lowest BCUT2D eigenvalue weighted by Crippen LogP contribution is -2.24. The smallest absolute Gasteiger partial charge is 0.312 e. The van der Waals surface area contributed by atoms with Crippen LogP contribution in [0.3, 0.4) is 0 Å². The van der Waals surface area contributed by atoms with E-state index in [0.717, 1.165) is 30.6 Å². The van der Waals surface area contributed by atoms with Gasteiger partial charge in [0.15, 0.2) is 0 Å². The highest BCUT2D eigenvalue weighted by Gasteiger charge is 2.32. The van der Waals surface area contributed by atoms with Gasteiger partial charge >= 0.3 is 5.97 Å². The van der Waals surface area contributed by atoms with Crippen LogP contribution in [-0.4, -0.2) is 26.0 Å². The number of hydrogen-bond acceptors (Lipinski definition) is 2.